The fourth-order valence-corrected chi connectivity index (χ4v) is 3.14. The first-order chi connectivity index (χ1) is 8.11. The molecule has 2 aliphatic rings. The second kappa shape index (κ2) is 5.68. The Kier molecular flexibility index (Phi) is 4.45. The SMILES string of the molecule is CCC1CN(C2CCOC(C)(C)C2)CCCN1. The summed E-state index contributed by atoms with van der Waals surface area (Å²) < 4.78 is 5.83. The van der Waals surface area contributed by atoms with Crippen molar-refractivity contribution in [3.63, 3.8) is 0 Å². The van der Waals surface area contributed by atoms with Gasteiger partial charge in [-0.1, -0.05) is 6.92 Å². The molecule has 1 N–H and O–H groups in total. The van der Waals surface area contributed by atoms with Crippen molar-refractivity contribution in [1.29, 1.82) is 0 Å². The van der Waals surface area contributed by atoms with E-state index in [1.54, 1.807) is 0 Å². The molecule has 2 atom stereocenters. The molecule has 2 unspecified atom stereocenters. The zero-order valence-corrected chi connectivity index (χ0v) is 11.7. The number of hydrogen-bond acceptors (Lipinski definition) is 3. The molecule has 2 heterocycles. The second-order valence-corrected chi connectivity index (χ2v) is 6.16. The number of rotatable bonds is 2. The van der Waals surface area contributed by atoms with Crippen LogP contribution in [0.25, 0.3) is 0 Å². The molecule has 3 nitrogen and oxygen atoms in total. The Morgan fingerprint density at radius 1 is 1.41 bits per heavy atom. The van der Waals surface area contributed by atoms with Crippen molar-refractivity contribution in [2.24, 2.45) is 0 Å². The van der Waals surface area contributed by atoms with Crippen LogP contribution in [0.4, 0.5) is 0 Å². The summed E-state index contributed by atoms with van der Waals surface area (Å²) >= 11 is 0. The predicted octanol–water partition coefficient (Wildman–Crippen LogP) is 2.02. The summed E-state index contributed by atoms with van der Waals surface area (Å²) in [6.07, 6.45) is 4.92. The van der Waals surface area contributed by atoms with Gasteiger partial charge >= 0.3 is 0 Å². The highest BCUT2D eigenvalue weighted by Crippen LogP contribution is 2.28. The molecule has 0 aliphatic carbocycles. The summed E-state index contributed by atoms with van der Waals surface area (Å²) in [7, 11) is 0. The van der Waals surface area contributed by atoms with Crippen LogP contribution in [0.2, 0.25) is 0 Å². The molecule has 2 saturated heterocycles. The minimum absolute atomic E-state index is 0.0738. The number of nitrogens with one attached hydrogen (secondary N) is 1. The molecule has 0 aromatic rings. The van der Waals surface area contributed by atoms with E-state index in [2.05, 4.69) is 31.0 Å². The highest BCUT2D eigenvalue weighted by atomic mass is 16.5. The Morgan fingerprint density at radius 3 is 2.94 bits per heavy atom. The lowest BCUT2D eigenvalue weighted by Crippen LogP contribution is -2.48. The van der Waals surface area contributed by atoms with E-state index in [9.17, 15) is 0 Å². The molecule has 2 rings (SSSR count). The maximum atomic E-state index is 5.83. The van der Waals surface area contributed by atoms with Gasteiger partial charge < -0.3 is 10.1 Å². The maximum absolute atomic E-state index is 5.83. The topological polar surface area (TPSA) is 24.5 Å². The molecule has 17 heavy (non-hydrogen) atoms. The van der Waals surface area contributed by atoms with Gasteiger partial charge in [0.15, 0.2) is 0 Å². The molecule has 0 aromatic heterocycles. The van der Waals surface area contributed by atoms with Crippen LogP contribution in [0.15, 0.2) is 0 Å². The zero-order chi connectivity index (χ0) is 12.3. The standard InChI is InChI=1S/C14H28N2O/c1-4-12-11-16(8-5-7-15-12)13-6-9-17-14(2,3)10-13/h12-13,15H,4-11H2,1-3H3. The van der Waals surface area contributed by atoms with E-state index in [0.717, 1.165) is 12.6 Å². The van der Waals surface area contributed by atoms with Crippen molar-refractivity contribution in [2.75, 3.05) is 26.2 Å². The van der Waals surface area contributed by atoms with Gasteiger partial charge in [0.25, 0.3) is 0 Å². The summed E-state index contributed by atoms with van der Waals surface area (Å²) in [6.45, 7) is 11.3. The van der Waals surface area contributed by atoms with Crippen molar-refractivity contribution >= 4 is 0 Å². The Hall–Kier alpha value is -0.120. The fraction of sp³-hybridized carbons (Fsp3) is 1.00. The van der Waals surface area contributed by atoms with Crippen molar-refractivity contribution in [3.8, 4) is 0 Å². The zero-order valence-electron chi connectivity index (χ0n) is 11.7. The molecule has 0 saturated carbocycles. The van der Waals surface area contributed by atoms with Gasteiger partial charge in [-0.15, -0.1) is 0 Å². The fourth-order valence-electron chi connectivity index (χ4n) is 3.14. The monoisotopic (exact) mass is 240 g/mol. The van der Waals surface area contributed by atoms with Crippen molar-refractivity contribution in [3.05, 3.63) is 0 Å². The number of nitrogens with zero attached hydrogens (tertiary/aromatic N) is 1. The molecule has 0 aromatic carbocycles. The van der Waals surface area contributed by atoms with Crippen LogP contribution < -0.4 is 5.32 Å². The Morgan fingerprint density at radius 2 is 2.24 bits per heavy atom. The Bertz CT molecular complexity index is 242. The molecule has 0 amide bonds. The molecule has 2 aliphatic heterocycles. The molecular formula is C14H28N2O. The molecule has 0 spiro atoms. The van der Waals surface area contributed by atoms with Crippen LogP contribution in [-0.2, 0) is 4.74 Å². The first-order valence-corrected chi connectivity index (χ1v) is 7.22. The largest absolute Gasteiger partial charge is 0.375 e. The third kappa shape index (κ3) is 3.67. The lowest BCUT2D eigenvalue weighted by molar-refractivity contribution is -0.0833. The van der Waals surface area contributed by atoms with E-state index < -0.39 is 0 Å². The average Bonchev–Trinajstić information content (AvgIpc) is 2.52. The first-order valence-electron chi connectivity index (χ1n) is 7.22. The minimum Gasteiger partial charge on any atom is -0.375 e. The van der Waals surface area contributed by atoms with E-state index in [0.29, 0.717) is 6.04 Å². The number of ether oxygens (including phenoxy) is 1. The highest BCUT2D eigenvalue weighted by molar-refractivity contribution is 4.87. The normalized spacial score (nSPS) is 35.5. The highest BCUT2D eigenvalue weighted by Gasteiger charge is 2.33. The molecule has 0 bridgehead atoms. The lowest BCUT2D eigenvalue weighted by Gasteiger charge is -2.41. The molecule has 3 heteroatoms. The van der Waals surface area contributed by atoms with Gasteiger partial charge in [-0.3, -0.25) is 4.90 Å². The smallest absolute Gasteiger partial charge is 0.0641 e. The van der Waals surface area contributed by atoms with Gasteiger partial charge in [0.1, 0.15) is 0 Å². The van der Waals surface area contributed by atoms with Crippen molar-refractivity contribution in [2.45, 2.75) is 64.1 Å². The summed E-state index contributed by atoms with van der Waals surface area (Å²) in [5, 5.41) is 3.65. The quantitative estimate of drug-likeness (QED) is 0.799. The van der Waals surface area contributed by atoms with Crippen molar-refractivity contribution in [1.82, 2.24) is 10.2 Å². The predicted molar refractivity (Wildman–Crippen MR) is 71.3 cm³/mol. The van der Waals surface area contributed by atoms with Crippen LogP contribution in [0, 0.1) is 0 Å². The Labute approximate surface area is 106 Å². The van der Waals surface area contributed by atoms with E-state index in [1.807, 2.05) is 0 Å². The van der Waals surface area contributed by atoms with Crippen molar-refractivity contribution < 1.29 is 4.74 Å². The molecule has 0 radical (unpaired) electrons. The van der Waals surface area contributed by atoms with Crippen LogP contribution >= 0.6 is 0 Å². The van der Waals surface area contributed by atoms with Gasteiger partial charge in [-0.05, 0) is 52.6 Å². The van der Waals surface area contributed by atoms with Crippen LogP contribution in [0.3, 0.4) is 0 Å². The van der Waals surface area contributed by atoms with Gasteiger partial charge in [0.05, 0.1) is 5.60 Å². The van der Waals surface area contributed by atoms with Crippen LogP contribution in [0.1, 0.15) is 46.5 Å². The van der Waals surface area contributed by atoms with Gasteiger partial charge in [0, 0.05) is 25.2 Å². The average molecular weight is 240 g/mol. The van der Waals surface area contributed by atoms with Crippen LogP contribution in [-0.4, -0.2) is 48.8 Å². The van der Waals surface area contributed by atoms with Crippen LogP contribution in [0.5, 0.6) is 0 Å². The Balaban J connectivity index is 1.95. The number of hydrogen-bond donors (Lipinski definition) is 1. The first kappa shape index (κ1) is 13.3. The van der Waals surface area contributed by atoms with Gasteiger partial charge in [-0.25, -0.2) is 0 Å². The third-order valence-corrected chi connectivity index (χ3v) is 4.19. The second-order valence-electron chi connectivity index (χ2n) is 6.16. The summed E-state index contributed by atoms with van der Waals surface area (Å²) in [5.74, 6) is 0. The van der Waals surface area contributed by atoms with E-state index in [4.69, 9.17) is 4.74 Å². The van der Waals surface area contributed by atoms with E-state index >= 15 is 0 Å². The lowest BCUT2D eigenvalue weighted by atomic mass is 9.92. The third-order valence-electron chi connectivity index (χ3n) is 4.19. The maximum Gasteiger partial charge on any atom is 0.0641 e. The summed E-state index contributed by atoms with van der Waals surface area (Å²) in [6, 6.07) is 1.41. The summed E-state index contributed by atoms with van der Waals surface area (Å²) in [4.78, 5) is 2.71. The molecule has 2 fully saturated rings. The molecular weight excluding hydrogens is 212 g/mol. The van der Waals surface area contributed by atoms with Gasteiger partial charge in [0.2, 0.25) is 0 Å². The summed E-state index contributed by atoms with van der Waals surface area (Å²) in [5.41, 5.74) is 0.0738. The molecule has 100 valence electrons. The van der Waals surface area contributed by atoms with E-state index in [-0.39, 0.29) is 5.60 Å². The van der Waals surface area contributed by atoms with E-state index in [1.165, 1.54) is 45.3 Å². The minimum atomic E-state index is 0.0738. The van der Waals surface area contributed by atoms with Gasteiger partial charge in [-0.2, -0.15) is 0 Å².